The fraction of sp³-hybridized carbons (Fsp3) is 0.500. The summed E-state index contributed by atoms with van der Waals surface area (Å²) < 4.78 is 4.19. The summed E-state index contributed by atoms with van der Waals surface area (Å²) in [6.07, 6.45) is 1.44. The summed E-state index contributed by atoms with van der Waals surface area (Å²) in [6, 6.07) is 0. The molecular formula is C12H18N4OS2. The minimum atomic E-state index is -0.256. The number of nitrogens with one attached hydrogen (secondary N) is 1. The largest absolute Gasteiger partial charge is 0.393 e. The Balaban J connectivity index is 2.06. The number of anilines is 2. The molecule has 2 aromatic rings. The molecule has 0 aliphatic rings. The van der Waals surface area contributed by atoms with Crippen LogP contribution < -0.4 is 11.1 Å². The lowest BCUT2D eigenvalue weighted by atomic mass is 10.2. The number of hydrogen-bond donors (Lipinski definition) is 3. The second kappa shape index (κ2) is 6.31. The maximum atomic E-state index is 9.22. The summed E-state index contributed by atoms with van der Waals surface area (Å²) in [4.78, 5) is 4.46. The quantitative estimate of drug-likeness (QED) is 0.714. The maximum absolute atomic E-state index is 9.22. The Kier molecular flexibility index (Phi) is 4.73. The van der Waals surface area contributed by atoms with Crippen LogP contribution in [0.25, 0.3) is 11.3 Å². The van der Waals surface area contributed by atoms with Crippen molar-refractivity contribution in [2.45, 2.75) is 32.8 Å². The van der Waals surface area contributed by atoms with E-state index in [0.29, 0.717) is 5.82 Å². The van der Waals surface area contributed by atoms with Gasteiger partial charge in [0.05, 0.1) is 22.4 Å². The molecule has 19 heavy (non-hydrogen) atoms. The van der Waals surface area contributed by atoms with Crippen molar-refractivity contribution in [2.75, 3.05) is 17.6 Å². The number of nitrogens with two attached hydrogens (primary N) is 1. The molecular weight excluding hydrogens is 280 g/mol. The molecule has 0 amide bonds. The summed E-state index contributed by atoms with van der Waals surface area (Å²) in [5.74, 6) is 0.522. The van der Waals surface area contributed by atoms with Crippen LogP contribution in [0.1, 0.15) is 24.8 Å². The fourth-order valence-corrected chi connectivity index (χ4v) is 3.10. The van der Waals surface area contributed by atoms with Crippen molar-refractivity contribution in [3.63, 3.8) is 0 Å². The van der Waals surface area contributed by atoms with Crippen molar-refractivity contribution in [1.29, 1.82) is 0 Å². The third kappa shape index (κ3) is 3.65. The standard InChI is InChI=1S/C12H18N4OS2/c1-7(17)4-3-5-14-12-10(11(13)16-19-12)9-6-18-8(2)15-9/h6-7,14,17H,3-5H2,1-2H3,(H2,13,16). The summed E-state index contributed by atoms with van der Waals surface area (Å²) >= 11 is 2.96. The number of aryl methyl sites for hydroxylation is 1. The number of rotatable bonds is 6. The zero-order valence-electron chi connectivity index (χ0n) is 11.0. The molecule has 2 heterocycles. The topological polar surface area (TPSA) is 84.1 Å². The van der Waals surface area contributed by atoms with E-state index in [1.165, 1.54) is 11.5 Å². The van der Waals surface area contributed by atoms with Crippen LogP contribution in [0.4, 0.5) is 10.8 Å². The molecule has 0 saturated heterocycles. The molecule has 0 radical (unpaired) electrons. The Morgan fingerprint density at radius 2 is 2.32 bits per heavy atom. The Labute approximate surface area is 120 Å². The van der Waals surface area contributed by atoms with Gasteiger partial charge in [-0.2, -0.15) is 4.37 Å². The van der Waals surface area contributed by atoms with Crippen molar-refractivity contribution < 1.29 is 5.11 Å². The van der Waals surface area contributed by atoms with Gasteiger partial charge in [0.25, 0.3) is 0 Å². The van der Waals surface area contributed by atoms with E-state index in [-0.39, 0.29) is 6.10 Å². The van der Waals surface area contributed by atoms with E-state index in [1.807, 2.05) is 12.3 Å². The van der Waals surface area contributed by atoms with E-state index < -0.39 is 0 Å². The Bertz CT molecular complexity index is 536. The highest BCUT2D eigenvalue weighted by Gasteiger charge is 2.15. The molecule has 1 unspecified atom stereocenters. The van der Waals surface area contributed by atoms with Gasteiger partial charge in [-0.1, -0.05) is 0 Å². The average molecular weight is 298 g/mol. The van der Waals surface area contributed by atoms with Crippen molar-refractivity contribution in [3.8, 4) is 11.3 Å². The molecule has 2 rings (SSSR count). The predicted octanol–water partition coefficient (Wildman–Crippen LogP) is 2.73. The number of nitrogens with zero attached hydrogens (tertiary/aromatic N) is 2. The van der Waals surface area contributed by atoms with E-state index in [1.54, 1.807) is 18.3 Å². The number of aliphatic hydroxyl groups is 1. The lowest BCUT2D eigenvalue weighted by Crippen LogP contribution is -2.06. The van der Waals surface area contributed by atoms with E-state index in [2.05, 4.69) is 14.7 Å². The van der Waals surface area contributed by atoms with Gasteiger partial charge in [0.1, 0.15) is 10.8 Å². The summed E-state index contributed by atoms with van der Waals surface area (Å²) in [7, 11) is 0. The molecule has 0 bridgehead atoms. The molecule has 0 aliphatic carbocycles. The molecule has 0 aromatic carbocycles. The van der Waals surface area contributed by atoms with Gasteiger partial charge in [0.15, 0.2) is 0 Å². The highest BCUT2D eigenvalue weighted by Crippen LogP contribution is 2.36. The highest BCUT2D eigenvalue weighted by atomic mass is 32.1. The van der Waals surface area contributed by atoms with Crippen LogP contribution in [0, 0.1) is 6.92 Å². The van der Waals surface area contributed by atoms with Crippen LogP contribution in [0.15, 0.2) is 5.38 Å². The van der Waals surface area contributed by atoms with E-state index in [9.17, 15) is 5.11 Å². The van der Waals surface area contributed by atoms with Crippen molar-refractivity contribution in [1.82, 2.24) is 9.36 Å². The van der Waals surface area contributed by atoms with Crippen LogP contribution in [0.3, 0.4) is 0 Å². The number of nitrogen functional groups attached to an aromatic ring is 1. The van der Waals surface area contributed by atoms with Crippen LogP contribution >= 0.6 is 22.9 Å². The zero-order valence-corrected chi connectivity index (χ0v) is 12.6. The Morgan fingerprint density at radius 1 is 1.53 bits per heavy atom. The van der Waals surface area contributed by atoms with Crippen molar-refractivity contribution in [3.05, 3.63) is 10.4 Å². The molecule has 7 heteroatoms. The van der Waals surface area contributed by atoms with Crippen LogP contribution in [-0.2, 0) is 0 Å². The van der Waals surface area contributed by atoms with Crippen LogP contribution in [0.5, 0.6) is 0 Å². The first-order valence-corrected chi connectivity index (χ1v) is 7.83. The lowest BCUT2D eigenvalue weighted by Gasteiger charge is -2.07. The van der Waals surface area contributed by atoms with E-state index in [4.69, 9.17) is 5.73 Å². The van der Waals surface area contributed by atoms with Gasteiger partial charge < -0.3 is 16.2 Å². The van der Waals surface area contributed by atoms with Crippen molar-refractivity contribution in [2.24, 2.45) is 0 Å². The summed E-state index contributed by atoms with van der Waals surface area (Å²) in [6.45, 7) is 4.57. The third-order valence-corrected chi connectivity index (χ3v) is 4.27. The summed E-state index contributed by atoms with van der Waals surface area (Å²) in [5.41, 5.74) is 7.70. The van der Waals surface area contributed by atoms with Gasteiger partial charge in [-0.25, -0.2) is 4.98 Å². The van der Waals surface area contributed by atoms with Gasteiger partial charge in [0.2, 0.25) is 0 Å². The highest BCUT2D eigenvalue weighted by molar-refractivity contribution is 7.11. The minimum Gasteiger partial charge on any atom is -0.393 e. The smallest absolute Gasteiger partial charge is 0.148 e. The van der Waals surface area contributed by atoms with Gasteiger partial charge in [-0.05, 0) is 38.2 Å². The van der Waals surface area contributed by atoms with Crippen molar-refractivity contribution >= 4 is 33.7 Å². The molecule has 0 spiro atoms. The third-order valence-electron chi connectivity index (χ3n) is 2.68. The number of hydrogen-bond acceptors (Lipinski definition) is 7. The summed E-state index contributed by atoms with van der Waals surface area (Å²) in [5, 5.41) is 16.5. The van der Waals surface area contributed by atoms with Gasteiger partial charge in [0, 0.05) is 11.9 Å². The first-order chi connectivity index (χ1) is 9.08. The normalized spacial score (nSPS) is 12.6. The molecule has 0 aliphatic heterocycles. The first kappa shape index (κ1) is 14.2. The molecule has 0 fully saturated rings. The SMILES string of the molecule is Cc1nc(-c2c(N)nsc2NCCCC(C)O)cs1. The molecule has 5 nitrogen and oxygen atoms in total. The van der Waals surface area contributed by atoms with Gasteiger partial charge in [-0.3, -0.25) is 0 Å². The second-order valence-electron chi connectivity index (χ2n) is 4.44. The second-order valence-corrected chi connectivity index (χ2v) is 6.28. The van der Waals surface area contributed by atoms with E-state index in [0.717, 1.165) is 40.7 Å². The maximum Gasteiger partial charge on any atom is 0.148 e. The average Bonchev–Trinajstić information content (AvgIpc) is 2.91. The van der Waals surface area contributed by atoms with Crippen LogP contribution in [-0.4, -0.2) is 27.1 Å². The molecule has 0 saturated carbocycles. The van der Waals surface area contributed by atoms with Gasteiger partial charge in [-0.15, -0.1) is 11.3 Å². The first-order valence-electron chi connectivity index (χ1n) is 6.17. The predicted molar refractivity (Wildman–Crippen MR) is 81.8 cm³/mol. The number of aromatic nitrogens is 2. The molecule has 2 aromatic heterocycles. The Morgan fingerprint density at radius 3 is 2.95 bits per heavy atom. The molecule has 104 valence electrons. The van der Waals surface area contributed by atoms with Gasteiger partial charge >= 0.3 is 0 Å². The number of aliphatic hydroxyl groups excluding tert-OH is 1. The number of thiazole rings is 1. The molecule has 4 N–H and O–H groups in total. The van der Waals surface area contributed by atoms with Crippen LogP contribution in [0.2, 0.25) is 0 Å². The monoisotopic (exact) mass is 298 g/mol. The lowest BCUT2D eigenvalue weighted by molar-refractivity contribution is 0.183. The molecule has 1 atom stereocenters. The fourth-order valence-electron chi connectivity index (χ4n) is 1.75. The Hall–Kier alpha value is -1.18. The zero-order chi connectivity index (χ0) is 13.8. The van der Waals surface area contributed by atoms with E-state index >= 15 is 0 Å². The minimum absolute atomic E-state index is 0.256.